The van der Waals surface area contributed by atoms with Crippen LogP contribution in [0.4, 0.5) is 5.69 Å². The van der Waals surface area contributed by atoms with Gasteiger partial charge in [-0.15, -0.1) is 0 Å². The van der Waals surface area contributed by atoms with Crippen molar-refractivity contribution in [2.24, 2.45) is 0 Å². The summed E-state index contributed by atoms with van der Waals surface area (Å²) >= 11 is 0. The molecule has 1 aromatic heterocycles. The van der Waals surface area contributed by atoms with Gasteiger partial charge in [-0.3, -0.25) is 14.6 Å². The van der Waals surface area contributed by atoms with Gasteiger partial charge in [0.2, 0.25) is 11.8 Å². The summed E-state index contributed by atoms with van der Waals surface area (Å²) in [5.74, 6) is -0.184. The lowest BCUT2D eigenvalue weighted by atomic mass is 10.1. The smallest absolute Gasteiger partial charge is 0.242 e. The third-order valence-corrected chi connectivity index (χ3v) is 3.92. The molecular formula is C19H25N3O2. The molecule has 0 saturated heterocycles. The van der Waals surface area contributed by atoms with Crippen molar-refractivity contribution in [2.75, 3.05) is 24.5 Å². The minimum atomic E-state index is -0.158. The maximum Gasteiger partial charge on any atom is 0.242 e. The Morgan fingerprint density at radius 1 is 1.04 bits per heavy atom. The molecule has 0 saturated carbocycles. The highest BCUT2D eigenvalue weighted by Crippen LogP contribution is 2.25. The minimum absolute atomic E-state index is 0.0261. The molecule has 0 atom stereocenters. The average molecular weight is 327 g/mol. The van der Waals surface area contributed by atoms with Gasteiger partial charge in [0.25, 0.3) is 0 Å². The molecule has 128 valence electrons. The van der Waals surface area contributed by atoms with Gasteiger partial charge in [-0.2, -0.15) is 0 Å². The summed E-state index contributed by atoms with van der Waals surface area (Å²) in [6, 6.07) is 9.49. The zero-order valence-corrected chi connectivity index (χ0v) is 14.7. The van der Waals surface area contributed by atoms with Crippen LogP contribution < -0.4 is 4.90 Å². The van der Waals surface area contributed by atoms with Crippen LogP contribution in [0.5, 0.6) is 0 Å². The summed E-state index contributed by atoms with van der Waals surface area (Å²) in [5.41, 5.74) is 1.42. The zero-order chi connectivity index (χ0) is 17.5. The van der Waals surface area contributed by atoms with Gasteiger partial charge in [-0.1, -0.05) is 32.0 Å². The largest absolute Gasteiger partial charge is 0.341 e. The summed E-state index contributed by atoms with van der Waals surface area (Å²) in [4.78, 5) is 32.6. The van der Waals surface area contributed by atoms with Crippen LogP contribution >= 0.6 is 0 Å². The molecule has 2 rings (SSSR count). The Hall–Kier alpha value is -2.43. The first-order valence-electron chi connectivity index (χ1n) is 8.48. The highest BCUT2D eigenvalue weighted by atomic mass is 16.2. The zero-order valence-electron chi connectivity index (χ0n) is 14.7. The number of amides is 2. The van der Waals surface area contributed by atoms with E-state index < -0.39 is 0 Å². The fraction of sp³-hybridized carbons (Fsp3) is 0.421. The Morgan fingerprint density at radius 2 is 1.71 bits per heavy atom. The first-order valence-corrected chi connectivity index (χ1v) is 8.48. The predicted octanol–water partition coefficient (Wildman–Crippen LogP) is 3.24. The highest BCUT2D eigenvalue weighted by Gasteiger charge is 2.21. The monoisotopic (exact) mass is 327 g/mol. The van der Waals surface area contributed by atoms with Crippen LogP contribution in [0.1, 0.15) is 33.6 Å². The average Bonchev–Trinajstić information content (AvgIpc) is 2.58. The molecule has 0 bridgehead atoms. The van der Waals surface area contributed by atoms with E-state index in [0.717, 1.165) is 23.7 Å². The molecule has 0 unspecified atom stereocenters. The van der Waals surface area contributed by atoms with Crippen LogP contribution in [0, 0.1) is 0 Å². The van der Waals surface area contributed by atoms with E-state index in [0.29, 0.717) is 18.8 Å². The minimum Gasteiger partial charge on any atom is -0.341 e. The summed E-state index contributed by atoms with van der Waals surface area (Å²) in [6.07, 6.45) is 3.51. The number of fused-ring (bicyclic) bond motifs is 1. The molecule has 24 heavy (non-hydrogen) atoms. The first kappa shape index (κ1) is 17.9. The SMILES string of the molecule is CCCN(CCC)C(=O)CN(C(C)=O)c1cccc2cccnc12. The van der Waals surface area contributed by atoms with E-state index in [1.807, 2.05) is 49.1 Å². The van der Waals surface area contributed by atoms with Crippen molar-refractivity contribution < 1.29 is 9.59 Å². The second-order valence-electron chi connectivity index (χ2n) is 5.84. The lowest BCUT2D eigenvalue weighted by molar-refractivity contribution is -0.131. The second kappa shape index (κ2) is 8.43. The van der Waals surface area contributed by atoms with E-state index in [4.69, 9.17) is 0 Å². The summed E-state index contributed by atoms with van der Waals surface area (Å²) in [5, 5.41) is 0.952. The number of aromatic nitrogens is 1. The molecule has 0 aliphatic heterocycles. The number of pyridine rings is 1. The topological polar surface area (TPSA) is 53.5 Å². The molecule has 2 amide bonds. The molecule has 5 nitrogen and oxygen atoms in total. The van der Waals surface area contributed by atoms with E-state index in [-0.39, 0.29) is 18.4 Å². The number of carbonyl (C=O) groups is 2. The lowest BCUT2D eigenvalue weighted by Gasteiger charge is -2.27. The van der Waals surface area contributed by atoms with E-state index in [9.17, 15) is 9.59 Å². The van der Waals surface area contributed by atoms with Gasteiger partial charge in [0.1, 0.15) is 6.54 Å². The number of anilines is 1. The summed E-state index contributed by atoms with van der Waals surface area (Å²) < 4.78 is 0. The van der Waals surface area contributed by atoms with Crippen LogP contribution in [0.15, 0.2) is 36.5 Å². The van der Waals surface area contributed by atoms with Gasteiger partial charge in [0.15, 0.2) is 0 Å². The molecule has 2 aromatic rings. The summed E-state index contributed by atoms with van der Waals surface area (Å²) in [7, 11) is 0. The van der Waals surface area contributed by atoms with Crippen LogP contribution in [-0.2, 0) is 9.59 Å². The third-order valence-electron chi connectivity index (χ3n) is 3.92. The molecule has 0 aliphatic carbocycles. The maximum absolute atomic E-state index is 12.7. The summed E-state index contributed by atoms with van der Waals surface area (Å²) in [6.45, 7) is 7.06. The van der Waals surface area contributed by atoms with Gasteiger partial charge >= 0.3 is 0 Å². The number of para-hydroxylation sites is 1. The van der Waals surface area contributed by atoms with Crippen molar-refractivity contribution in [3.05, 3.63) is 36.5 Å². The van der Waals surface area contributed by atoms with Gasteiger partial charge in [-0.05, 0) is 25.0 Å². The number of nitrogens with zero attached hydrogens (tertiary/aromatic N) is 3. The Bertz CT molecular complexity index is 703. The Morgan fingerprint density at radius 3 is 2.33 bits per heavy atom. The number of hydrogen-bond acceptors (Lipinski definition) is 3. The van der Waals surface area contributed by atoms with Gasteiger partial charge in [0.05, 0.1) is 11.2 Å². The first-order chi connectivity index (χ1) is 11.6. The molecule has 5 heteroatoms. The van der Waals surface area contributed by atoms with Crippen LogP contribution in [0.2, 0.25) is 0 Å². The Kier molecular flexibility index (Phi) is 6.29. The van der Waals surface area contributed by atoms with E-state index in [1.165, 1.54) is 11.8 Å². The van der Waals surface area contributed by atoms with Crippen molar-refractivity contribution in [1.82, 2.24) is 9.88 Å². The van der Waals surface area contributed by atoms with Crippen molar-refractivity contribution in [1.29, 1.82) is 0 Å². The van der Waals surface area contributed by atoms with Crippen molar-refractivity contribution >= 4 is 28.4 Å². The number of hydrogen-bond donors (Lipinski definition) is 0. The molecule has 0 N–H and O–H groups in total. The second-order valence-corrected chi connectivity index (χ2v) is 5.84. The van der Waals surface area contributed by atoms with Crippen molar-refractivity contribution in [3.63, 3.8) is 0 Å². The molecule has 0 aliphatic rings. The molecule has 0 fully saturated rings. The van der Waals surface area contributed by atoms with E-state index >= 15 is 0 Å². The van der Waals surface area contributed by atoms with Gasteiger partial charge < -0.3 is 9.80 Å². The Balaban J connectivity index is 2.32. The van der Waals surface area contributed by atoms with Crippen LogP contribution in [-0.4, -0.2) is 41.3 Å². The van der Waals surface area contributed by atoms with Crippen LogP contribution in [0.3, 0.4) is 0 Å². The third kappa shape index (κ3) is 4.10. The fourth-order valence-electron chi connectivity index (χ4n) is 2.81. The number of benzene rings is 1. The van der Waals surface area contributed by atoms with Crippen molar-refractivity contribution in [2.45, 2.75) is 33.6 Å². The van der Waals surface area contributed by atoms with Crippen molar-refractivity contribution in [3.8, 4) is 0 Å². The fourth-order valence-corrected chi connectivity index (χ4v) is 2.81. The quantitative estimate of drug-likeness (QED) is 0.784. The lowest BCUT2D eigenvalue weighted by Crippen LogP contribution is -2.43. The molecule has 0 radical (unpaired) electrons. The molecule has 1 heterocycles. The predicted molar refractivity (Wildman–Crippen MR) is 96.9 cm³/mol. The number of carbonyl (C=O) groups excluding carboxylic acids is 2. The highest BCUT2D eigenvalue weighted by molar-refractivity contribution is 6.04. The molecular weight excluding hydrogens is 302 g/mol. The Labute approximate surface area is 143 Å². The normalized spacial score (nSPS) is 10.6. The van der Waals surface area contributed by atoms with E-state index in [2.05, 4.69) is 4.98 Å². The standard InChI is InChI=1S/C19H25N3O2/c1-4-12-21(13-5-2)18(24)14-22(15(3)23)17-10-6-8-16-9-7-11-20-19(16)17/h6-11H,4-5,12-14H2,1-3H3. The molecule has 0 spiro atoms. The van der Waals surface area contributed by atoms with E-state index in [1.54, 1.807) is 6.20 Å². The van der Waals surface area contributed by atoms with Crippen LogP contribution in [0.25, 0.3) is 10.9 Å². The molecule has 1 aromatic carbocycles. The number of rotatable bonds is 7. The maximum atomic E-state index is 12.7. The van der Waals surface area contributed by atoms with Gasteiger partial charge in [0, 0.05) is 31.6 Å². The van der Waals surface area contributed by atoms with Gasteiger partial charge in [-0.25, -0.2) is 0 Å².